The van der Waals surface area contributed by atoms with Crippen molar-refractivity contribution in [3.8, 4) is 0 Å². The van der Waals surface area contributed by atoms with E-state index in [4.69, 9.17) is 16.0 Å². The van der Waals surface area contributed by atoms with Gasteiger partial charge in [-0.1, -0.05) is 11.6 Å². The maximum atomic E-state index is 12.1. The maximum Gasteiger partial charge on any atom is 0.274 e. The average Bonchev–Trinajstić information content (AvgIpc) is 2.97. The lowest BCUT2D eigenvalue weighted by Crippen LogP contribution is -2.22. The van der Waals surface area contributed by atoms with E-state index >= 15 is 0 Å². The van der Waals surface area contributed by atoms with E-state index in [0.717, 1.165) is 4.88 Å². The molecular weight excluding hydrogens is 332 g/mol. The molecule has 0 saturated heterocycles. The van der Waals surface area contributed by atoms with Crippen LogP contribution in [-0.4, -0.2) is 14.5 Å². The van der Waals surface area contributed by atoms with Crippen LogP contribution in [0.2, 0.25) is 4.34 Å². The van der Waals surface area contributed by atoms with Crippen molar-refractivity contribution in [2.45, 2.75) is 37.1 Å². The molecule has 5 nitrogen and oxygen atoms in total. The summed E-state index contributed by atoms with van der Waals surface area (Å²) < 4.78 is 32.8. The molecule has 0 unspecified atom stereocenters. The molecule has 0 amide bonds. The molecule has 21 heavy (non-hydrogen) atoms. The van der Waals surface area contributed by atoms with Gasteiger partial charge in [0.15, 0.2) is 0 Å². The van der Waals surface area contributed by atoms with Crippen LogP contribution in [-0.2, 0) is 23.1 Å². The molecule has 2 heterocycles. The Morgan fingerprint density at radius 2 is 2.05 bits per heavy atom. The second-order valence-electron chi connectivity index (χ2n) is 4.91. The van der Waals surface area contributed by atoms with Gasteiger partial charge < -0.3 is 9.73 Å². The summed E-state index contributed by atoms with van der Waals surface area (Å²) in [6.07, 6.45) is 2.35. The highest BCUT2D eigenvalue weighted by molar-refractivity contribution is 7.89. The zero-order valence-corrected chi connectivity index (χ0v) is 13.5. The summed E-state index contributed by atoms with van der Waals surface area (Å²) in [4.78, 5) is 0.853. The Labute approximate surface area is 132 Å². The van der Waals surface area contributed by atoms with E-state index in [9.17, 15) is 8.42 Å². The first-order chi connectivity index (χ1) is 10.0. The molecule has 114 valence electrons. The molecular formula is C13H15ClN2O3S2. The Kier molecular flexibility index (Phi) is 4.37. The molecule has 1 aliphatic carbocycles. The van der Waals surface area contributed by atoms with E-state index in [0.29, 0.717) is 22.7 Å². The Balaban J connectivity index is 1.60. The first-order valence-electron chi connectivity index (χ1n) is 6.59. The maximum absolute atomic E-state index is 12.1. The van der Waals surface area contributed by atoms with E-state index in [-0.39, 0.29) is 11.6 Å². The van der Waals surface area contributed by atoms with Gasteiger partial charge in [0.05, 0.1) is 10.9 Å². The van der Waals surface area contributed by atoms with Crippen LogP contribution in [0.5, 0.6) is 0 Å². The fourth-order valence-corrected chi connectivity index (χ4v) is 3.88. The highest BCUT2D eigenvalue weighted by Gasteiger charge is 2.22. The van der Waals surface area contributed by atoms with Gasteiger partial charge in [-0.3, -0.25) is 0 Å². The van der Waals surface area contributed by atoms with Gasteiger partial charge in [-0.15, -0.1) is 11.3 Å². The number of thiophene rings is 1. The van der Waals surface area contributed by atoms with Gasteiger partial charge in [-0.2, -0.15) is 0 Å². The Morgan fingerprint density at radius 1 is 1.24 bits per heavy atom. The molecule has 3 rings (SSSR count). The molecule has 0 atom stereocenters. The fourth-order valence-electron chi connectivity index (χ4n) is 1.81. The van der Waals surface area contributed by atoms with Crippen LogP contribution in [0.4, 0.5) is 0 Å². The first-order valence-corrected chi connectivity index (χ1v) is 9.27. The van der Waals surface area contributed by atoms with Crippen LogP contribution in [0.3, 0.4) is 0 Å². The van der Waals surface area contributed by atoms with Crippen molar-refractivity contribution in [2.75, 3.05) is 0 Å². The number of rotatable bonds is 7. The van der Waals surface area contributed by atoms with Crippen LogP contribution >= 0.6 is 22.9 Å². The third-order valence-electron chi connectivity index (χ3n) is 3.11. The van der Waals surface area contributed by atoms with E-state index < -0.39 is 10.0 Å². The average molecular weight is 347 g/mol. The van der Waals surface area contributed by atoms with Crippen molar-refractivity contribution in [2.24, 2.45) is 0 Å². The van der Waals surface area contributed by atoms with Gasteiger partial charge in [0.1, 0.15) is 5.76 Å². The smallest absolute Gasteiger partial charge is 0.274 e. The van der Waals surface area contributed by atoms with Gasteiger partial charge in [-0.05, 0) is 37.1 Å². The molecule has 8 heteroatoms. The lowest BCUT2D eigenvalue weighted by molar-refractivity contribution is 0.399. The SMILES string of the molecule is O=S(=O)(NCc1ccc(Cl)s1)c1ccc(CNC2CC2)o1. The predicted molar refractivity (Wildman–Crippen MR) is 81.9 cm³/mol. The topological polar surface area (TPSA) is 71.3 Å². The molecule has 1 saturated carbocycles. The number of sulfonamides is 1. The minimum atomic E-state index is -3.63. The van der Waals surface area contributed by atoms with Crippen molar-refractivity contribution < 1.29 is 12.8 Å². The first kappa shape index (κ1) is 15.1. The number of hydrogen-bond donors (Lipinski definition) is 2. The Hall–Kier alpha value is -0.860. The summed E-state index contributed by atoms with van der Waals surface area (Å²) in [6.45, 7) is 0.761. The minimum absolute atomic E-state index is 0.0576. The second-order valence-corrected chi connectivity index (χ2v) is 8.40. The minimum Gasteiger partial charge on any atom is -0.447 e. The van der Waals surface area contributed by atoms with Gasteiger partial charge in [0.2, 0.25) is 5.09 Å². The highest BCUT2D eigenvalue weighted by Crippen LogP contribution is 2.22. The summed E-state index contributed by atoms with van der Waals surface area (Å²) in [5, 5.41) is 3.22. The van der Waals surface area contributed by atoms with E-state index in [1.54, 1.807) is 18.2 Å². The number of hydrogen-bond acceptors (Lipinski definition) is 5. The van der Waals surface area contributed by atoms with E-state index in [1.807, 2.05) is 0 Å². The van der Waals surface area contributed by atoms with Gasteiger partial charge in [0.25, 0.3) is 10.0 Å². The number of furan rings is 1. The molecule has 0 radical (unpaired) electrons. The third-order valence-corrected chi connectivity index (χ3v) is 5.61. The number of nitrogens with one attached hydrogen (secondary N) is 2. The molecule has 2 aromatic heterocycles. The molecule has 2 N–H and O–H groups in total. The zero-order chi connectivity index (χ0) is 14.9. The van der Waals surface area contributed by atoms with Crippen molar-refractivity contribution in [1.29, 1.82) is 0 Å². The summed E-state index contributed by atoms with van der Waals surface area (Å²) in [5.41, 5.74) is 0. The molecule has 0 bridgehead atoms. The van der Waals surface area contributed by atoms with Crippen molar-refractivity contribution in [3.05, 3.63) is 39.2 Å². The summed E-state index contributed by atoms with van der Waals surface area (Å²) >= 11 is 7.16. The van der Waals surface area contributed by atoms with Gasteiger partial charge in [0, 0.05) is 17.5 Å². The molecule has 1 fully saturated rings. The van der Waals surface area contributed by atoms with E-state index in [2.05, 4.69) is 10.0 Å². The van der Waals surface area contributed by atoms with Crippen LogP contribution in [0.15, 0.2) is 33.8 Å². The van der Waals surface area contributed by atoms with Gasteiger partial charge >= 0.3 is 0 Å². The highest BCUT2D eigenvalue weighted by atomic mass is 35.5. The number of halogens is 1. The monoisotopic (exact) mass is 346 g/mol. The van der Waals surface area contributed by atoms with Crippen molar-refractivity contribution >= 4 is 33.0 Å². The summed E-state index contributed by atoms with van der Waals surface area (Å²) in [5.74, 6) is 0.626. The molecule has 0 aliphatic heterocycles. The molecule has 2 aromatic rings. The predicted octanol–water partition coefficient (Wildman–Crippen LogP) is 2.73. The largest absolute Gasteiger partial charge is 0.447 e. The van der Waals surface area contributed by atoms with Crippen molar-refractivity contribution in [1.82, 2.24) is 10.0 Å². The lowest BCUT2D eigenvalue weighted by Gasteiger charge is -2.03. The fraction of sp³-hybridized carbons (Fsp3) is 0.385. The Bertz CT molecular complexity index is 719. The quantitative estimate of drug-likeness (QED) is 0.808. The van der Waals surface area contributed by atoms with Crippen molar-refractivity contribution in [3.63, 3.8) is 0 Å². The zero-order valence-electron chi connectivity index (χ0n) is 11.1. The third kappa shape index (κ3) is 4.08. The van der Waals surface area contributed by atoms with E-state index in [1.165, 1.54) is 30.2 Å². The normalized spacial score (nSPS) is 15.5. The van der Waals surface area contributed by atoms with Crippen LogP contribution in [0.1, 0.15) is 23.5 Å². The van der Waals surface area contributed by atoms with Crippen LogP contribution < -0.4 is 10.0 Å². The molecule has 0 spiro atoms. The van der Waals surface area contributed by atoms with Gasteiger partial charge in [-0.25, -0.2) is 13.1 Å². The second kappa shape index (κ2) is 6.10. The Morgan fingerprint density at radius 3 is 2.71 bits per heavy atom. The molecule has 0 aromatic carbocycles. The van der Waals surface area contributed by atoms with Crippen LogP contribution in [0, 0.1) is 0 Å². The summed E-state index contributed by atoms with van der Waals surface area (Å²) in [6, 6.07) is 7.25. The summed E-state index contributed by atoms with van der Waals surface area (Å²) in [7, 11) is -3.63. The lowest BCUT2D eigenvalue weighted by atomic mass is 10.4. The van der Waals surface area contributed by atoms with Crippen LogP contribution in [0.25, 0.3) is 0 Å². The standard InChI is InChI=1S/C13H15ClN2O3S2/c14-12-5-4-11(20-12)8-16-21(17,18)13-6-3-10(19-13)7-15-9-1-2-9/h3-6,9,15-16H,1-2,7-8H2. The molecule has 1 aliphatic rings.